The summed E-state index contributed by atoms with van der Waals surface area (Å²) in [7, 11) is -4.53. The molecule has 0 atom stereocenters. The number of ether oxygens (including phenoxy) is 1. The van der Waals surface area contributed by atoms with Crippen molar-refractivity contribution in [3.63, 3.8) is 0 Å². The summed E-state index contributed by atoms with van der Waals surface area (Å²) in [6.07, 6.45) is -1.38. The zero-order valence-corrected chi connectivity index (χ0v) is 8.56. The Morgan fingerprint density at radius 3 is 1.94 bits per heavy atom. The van der Waals surface area contributed by atoms with Crippen LogP contribution in [0.25, 0.3) is 0 Å². The highest BCUT2D eigenvalue weighted by Gasteiger charge is 2.25. The van der Waals surface area contributed by atoms with Gasteiger partial charge < -0.3 is 4.74 Å². The monoisotopic (exact) mass is 262 g/mol. The smallest absolute Gasteiger partial charge is 0.299 e. The molecule has 0 bridgehead atoms. The molecule has 0 saturated heterocycles. The first-order valence-electron chi connectivity index (χ1n) is 3.47. The molecule has 9 heteroatoms. The highest BCUT2D eigenvalue weighted by Crippen LogP contribution is 2.27. The molecule has 92 valence electrons. The molecule has 4 nitrogen and oxygen atoms in total. The Hall–Kier alpha value is -1.35. The second-order valence-corrected chi connectivity index (χ2v) is 3.64. The van der Waals surface area contributed by atoms with Crippen molar-refractivity contribution >= 4 is 10.1 Å². The molecule has 0 amide bonds. The quantitative estimate of drug-likeness (QED) is 0.365. The fraction of sp³-hybridized carbons (Fsp3) is 0.143. The maximum atomic E-state index is 13.0. The Kier molecular flexibility index (Phi) is 5.18. The van der Waals surface area contributed by atoms with E-state index in [0.717, 1.165) is 7.11 Å². The van der Waals surface area contributed by atoms with Crippen LogP contribution >= 0.6 is 0 Å². The lowest BCUT2D eigenvalue weighted by atomic mass is 10.4. The number of rotatable bonds is 4. The third-order valence-electron chi connectivity index (χ3n) is 1.32. The fourth-order valence-corrected chi connectivity index (χ4v) is 1.04. The number of methoxy groups -OCH3 is 1. The summed E-state index contributed by atoms with van der Waals surface area (Å²) in [5.41, 5.74) is 0. The van der Waals surface area contributed by atoms with Crippen LogP contribution in [-0.4, -0.2) is 20.1 Å². The van der Waals surface area contributed by atoms with Gasteiger partial charge in [-0.25, -0.2) is 13.2 Å². The lowest BCUT2D eigenvalue weighted by molar-refractivity contribution is 0.271. The molecule has 0 radical (unpaired) electrons. The van der Waals surface area contributed by atoms with E-state index in [1.807, 2.05) is 0 Å². The molecular formula is C7H6F4O4S. The molecule has 0 unspecified atom stereocenters. The normalized spacial score (nSPS) is 15.9. The lowest BCUT2D eigenvalue weighted by Gasteiger charge is -2.04. The first-order chi connectivity index (χ1) is 7.29. The van der Waals surface area contributed by atoms with Gasteiger partial charge in [-0.05, 0) is 0 Å². The lowest BCUT2D eigenvalue weighted by Crippen LogP contribution is -2.04. The summed E-state index contributed by atoms with van der Waals surface area (Å²) in [6, 6.07) is 0. The standard InChI is InChI=1S/C7H6F4O4S/c1-15-4(2-8)6(10)7(11)5(3-9)16(12,13)14/h2-3H,1H3,(H,12,13,14)/b4-2-,5-3-,7-6-. The van der Waals surface area contributed by atoms with E-state index < -0.39 is 45.1 Å². The summed E-state index contributed by atoms with van der Waals surface area (Å²) in [5, 5.41) is 0. The van der Waals surface area contributed by atoms with E-state index >= 15 is 0 Å². The molecule has 0 saturated carbocycles. The number of hydrogen-bond acceptors (Lipinski definition) is 3. The maximum Gasteiger partial charge on any atom is 0.299 e. The summed E-state index contributed by atoms with van der Waals surface area (Å²) in [4.78, 5) is -1.97. The van der Waals surface area contributed by atoms with Gasteiger partial charge in [-0.1, -0.05) is 0 Å². The van der Waals surface area contributed by atoms with E-state index in [1.165, 1.54) is 0 Å². The predicted octanol–water partition coefficient (Wildman–Crippen LogP) is 2.29. The Bertz CT molecular complexity index is 449. The second kappa shape index (κ2) is 5.66. The Morgan fingerprint density at radius 2 is 1.69 bits per heavy atom. The summed E-state index contributed by atoms with van der Waals surface area (Å²) in [6.45, 7) is 0. The van der Waals surface area contributed by atoms with E-state index in [9.17, 15) is 26.0 Å². The van der Waals surface area contributed by atoms with Crippen LogP contribution in [-0.2, 0) is 14.9 Å². The van der Waals surface area contributed by atoms with Gasteiger partial charge in [-0.2, -0.15) is 12.8 Å². The van der Waals surface area contributed by atoms with Gasteiger partial charge in [0.2, 0.25) is 5.83 Å². The number of hydrogen-bond donors (Lipinski definition) is 1. The largest absolute Gasteiger partial charge is 0.491 e. The van der Waals surface area contributed by atoms with Crippen LogP contribution in [0.4, 0.5) is 17.6 Å². The van der Waals surface area contributed by atoms with E-state index in [1.54, 1.807) is 0 Å². The number of allylic oxidation sites excluding steroid dienone is 2. The van der Waals surface area contributed by atoms with Crippen molar-refractivity contribution in [3.8, 4) is 0 Å². The Morgan fingerprint density at radius 1 is 1.19 bits per heavy atom. The van der Waals surface area contributed by atoms with Crippen molar-refractivity contribution in [1.82, 2.24) is 0 Å². The van der Waals surface area contributed by atoms with Gasteiger partial charge in [0.15, 0.2) is 16.5 Å². The van der Waals surface area contributed by atoms with Gasteiger partial charge in [-0.15, -0.1) is 0 Å². The Labute approximate surface area is 88.3 Å². The molecule has 0 aromatic carbocycles. The zero-order chi connectivity index (χ0) is 12.9. The van der Waals surface area contributed by atoms with Crippen molar-refractivity contribution in [3.05, 3.63) is 35.0 Å². The first kappa shape index (κ1) is 14.6. The van der Waals surface area contributed by atoms with Crippen LogP contribution in [0.1, 0.15) is 0 Å². The average molecular weight is 262 g/mol. The van der Waals surface area contributed by atoms with Crippen LogP contribution in [0.2, 0.25) is 0 Å². The first-order valence-corrected chi connectivity index (χ1v) is 4.91. The summed E-state index contributed by atoms with van der Waals surface area (Å²) < 4.78 is 82.7. The third kappa shape index (κ3) is 3.35. The summed E-state index contributed by atoms with van der Waals surface area (Å²) in [5.74, 6) is -5.71. The van der Waals surface area contributed by atoms with Gasteiger partial charge in [0.05, 0.1) is 7.11 Å². The Balaban J connectivity index is 5.66. The minimum atomic E-state index is -5.30. The fourth-order valence-electron chi connectivity index (χ4n) is 0.616. The van der Waals surface area contributed by atoms with Crippen LogP contribution in [0.15, 0.2) is 35.0 Å². The molecule has 0 heterocycles. The highest BCUT2D eigenvalue weighted by atomic mass is 32.2. The van der Waals surface area contributed by atoms with Gasteiger partial charge in [0.25, 0.3) is 10.1 Å². The maximum absolute atomic E-state index is 13.0. The third-order valence-corrected chi connectivity index (χ3v) is 2.15. The van der Waals surface area contributed by atoms with Crippen LogP contribution in [0.5, 0.6) is 0 Å². The van der Waals surface area contributed by atoms with Crippen LogP contribution in [0.3, 0.4) is 0 Å². The van der Waals surface area contributed by atoms with Gasteiger partial charge >= 0.3 is 0 Å². The van der Waals surface area contributed by atoms with Crippen molar-refractivity contribution < 1.29 is 35.3 Å². The average Bonchev–Trinajstić information content (AvgIpc) is 2.18. The van der Waals surface area contributed by atoms with Crippen molar-refractivity contribution in [2.45, 2.75) is 0 Å². The van der Waals surface area contributed by atoms with Gasteiger partial charge in [0.1, 0.15) is 12.7 Å². The van der Waals surface area contributed by atoms with Crippen molar-refractivity contribution in [2.24, 2.45) is 0 Å². The van der Waals surface area contributed by atoms with E-state index in [-0.39, 0.29) is 0 Å². The van der Waals surface area contributed by atoms with E-state index in [4.69, 9.17) is 4.55 Å². The molecule has 0 fully saturated rings. The molecule has 0 rings (SSSR count). The van der Waals surface area contributed by atoms with Gasteiger partial charge in [0, 0.05) is 0 Å². The molecule has 0 aliphatic rings. The molecule has 16 heavy (non-hydrogen) atoms. The summed E-state index contributed by atoms with van der Waals surface area (Å²) >= 11 is 0. The van der Waals surface area contributed by atoms with Crippen LogP contribution < -0.4 is 0 Å². The SMILES string of the molecule is COC(=C\F)/C(F)=C(F)\C(=C\F)S(=O)(=O)O. The van der Waals surface area contributed by atoms with Crippen molar-refractivity contribution in [2.75, 3.05) is 7.11 Å². The molecular weight excluding hydrogens is 256 g/mol. The minimum absolute atomic E-state index is 0.505. The predicted molar refractivity (Wildman–Crippen MR) is 46.2 cm³/mol. The molecule has 0 aliphatic carbocycles. The van der Waals surface area contributed by atoms with E-state index in [0.29, 0.717) is 0 Å². The topological polar surface area (TPSA) is 63.6 Å². The minimum Gasteiger partial charge on any atom is -0.491 e. The van der Waals surface area contributed by atoms with Gasteiger partial charge in [-0.3, -0.25) is 4.55 Å². The van der Waals surface area contributed by atoms with E-state index in [2.05, 4.69) is 4.74 Å². The molecule has 1 N–H and O–H groups in total. The second-order valence-electron chi connectivity index (χ2n) is 2.25. The molecule has 0 aliphatic heterocycles. The van der Waals surface area contributed by atoms with Crippen LogP contribution in [0, 0.1) is 0 Å². The molecule has 0 spiro atoms. The number of halogens is 4. The zero-order valence-electron chi connectivity index (χ0n) is 7.75. The molecule has 0 aromatic rings. The highest BCUT2D eigenvalue weighted by molar-refractivity contribution is 7.90. The molecule has 0 aromatic heterocycles. The van der Waals surface area contributed by atoms with Crippen molar-refractivity contribution in [1.29, 1.82) is 0 Å².